The van der Waals surface area contributed by atoms with Gasteiger partial charge < -0.3 is 24.5 Å². The lowest BCUT2D eigenvalue weighted by Crippen LogP contribution is -2.41. The first-order chi connectivity index (χ1) is 18.0. The van der Waals surface area contributed by atoms with E-state index in [2.05, 4.69) is 24.8 Å². The summed E-state index contributed by atoms with van der Waals surface area (Å²) in [5, 5.41) is 13.4. The number of carbonyl (C=O) groups is 1. The molecule has 0 saturated carbocycles. The molecule has 6 rings (SSSR count). The Hall–Kier alpha value is -4.31. The fraction of sp³-hybridized carbons (Fsp3) is 0.296. The van der Waals surface area contributed by atoms with E-state index in [1.807, 2.05) is 24.3 Å². The normalized spacial score (nSPS) is 14.9. The number of amides is 1. The minimum atomic E-state index is -0.319. The summed E-state index contributed by atoms with van der Waals surface area (Å²) in [5.41, 5.74) is 5.34. The van der Waals surface area contributed by atoms with E-state index in [9.17, 15) is 14.7 Å². The fourth-order valence-corrected chi connectivity index (χ4v) is 5.40. The van der Waals surface area contributed by atoms with Gasteiger partial charge in [-0.2, -0.15) is 0 Å². The van der Waals surface area contributed by atoms with E-state index in [1.165, 1.54) is 22.2 Å². The highest BCUT2D eigenvalue weighted by atomic mass is 16.3. The summed E-state index contributed by atoms with van der Waals surface area (Å²) >= 11 is 0. The van der Waals surface area contributed by atoms with Gasteiger partial charge in [-0.3, -0.25) is 9.59 Å². The molecule has 4 heterocycles. The summed E-state index contributed by atoms with van der Waals surface area (Å²) in [5.74, 6) is 0.481. The molecule has 0 radical (unpaired) electrons. The van der Waals surface area contributed by atoms with Gasteiger partial charge in [-0.1, -0.05) is 12.1 Å². The van der Waals surface area contributed by atoms with E-state index in [0.717, 1.165) is 32.2 Å². The van der Waals surface area contributed by atoms with Crippen molar-refractivity contribution < 1.29 is 9.90 Å². The zero-order valence-corrected chi connectivity index (χ0v) is 20.5. The third-order valence-corrected chi connectivity index (χ3v) is 7.20. The monoisotopic (exact) mass is 497 g/mol. The van der Waals surface area contributed by atoms with Gasteiger partial charge in [-0.05, 0) is 49.4 Å². The molecule has 2 N–H and O–H groups in total. The number of aromatic nitrogens is 5. The van der Waals surface area contributed by atoms with Gasteiger partial charge in [0.25, 0.3) is 11.5 Å². The first kappa shape index (κ1) is 23.1. The van der Waals surface area contributed by atoms with Crippen molar-refractivity contribution in [3.05, 3.63) is 81.9 Å². The molecule has 10 heteroatoms. The number of anilines is 3. The molecule has 0 fully saturated rings. The second-order valence-electron chi connectivity index (χ2n) is 9.39. The van der Waals surface area contributed by atoms with Gasteiger partial charge >= 0.3 is 0 Å². The molecule has 2 aliphatic rings. The van der Waals surface area contributed by atoms with Gasteiger partial charge in [0.05, 0.1) is 18.0 Å². The highest BCUT2D eigenvalue weighted by molar-refractivity contribution is 6.07. The molecule has 37 heavy (non-hydrogen) atoms. The summed E-state index contributed by atoms with van der Waals surface area (Å²) in [4.78, 5) is 40.7. The average Bonchev–Trinajstić information content (AvgIpc) is 3.31. The molecule has 1 aliphatic carbocycles. The molecule has 0 unspecified atom stereocenters. The lowest BCUT2D eigenvalue weighted by Gasteiger charge is -2.31. The van der Waals surface area contributed by atoms with Crippen LogP contribution in [0.4, 0.5) is 17.3 Å². The number of fused-ring (bicyclic) bond motifs is 3. The van der Waals surface area contributed by atoms with Crippen LogP contribution >= 0.6 is 0 Å². The Labute approximate surface area is 213 Å². The van der Waals surface area contributed by atoms with Gasteiger partial charge in [0.2, 0.25) is 0 Å². The second kappa shape index (κ2) is 9.29. The van der Waals surface area contributed by atoms with Gasteiger partial charge in [0.1, 0.15) is 17.8 Å². The van der Waals surface area contributed by atoms with Crippen molar-refractivity contribution in [1.82, 2.24) is 24.1 Å². The zero-order chi connectivity index (χ0) is 25.5. The van der Waals surface area contributed by atoms with E-state index in [-0.39, 0.29) is 23.9 Å². The Morgan fingerprint density at radius 1 is 1.11 bits per heavy atom. The lowest BCUT2D eigenvalue weighted by atomic mass is 9.98. The summed E-state index contributed by atoms with van der Waals surface area (Å²) in [6, 6.07) is 9.23. The van der Waals surface area contributed by atoms with Gasteiger partial charge in [-0.15, -0.1) is 0 Å². The molecule has 0 saturated heterocycles. The van der Waals surface area contributed by atoms with Crippen LogP contribution in [0.5, 0.6) is 0 Å². The van der Waals surface area contributed by atoms with E-state index < -0.39 is 0 Å². The molecular formula is C27H27N7O3. The van der Waals surface area contributed by atoms with Crippen LogP contribution in [0.1, 0.15) is 40.2 Å². The third kappa shape index (κ3) is 3.99. The third-order valence-electron chi connectivity index (χ3n) is 7.20. The van der Waals surface area contributed by atoms with Crippen molar-refractivity contribution in [2.75, 3.05) is 16.8 Å². The Bertz CT molecular complexity index is 1560. The molecule has 0 bridgehead atoms. The largest absolute Gasteiger partial charge is 0.392 e. The highest BCUT2D eigenvalue weighted by Crippen LogP contribution is 2.35. The quantitative estimate of drug-likeness (QED) is 0.435. The average molecular weight is 498 g/mol. The number of carbonyl (C=O) groups excluding carboxylic acids is 1. The molecule has 4 aromatic rings. The summed E-state index contributed by atoms with van der Waals surface area (Å²) in [6.07, 6.45) is 8.93. The van der Waals surface area contributed by atoms with E-state index in [4.69, 9.17) is 0 Å². The van der Waals surface area contributed by atoms with E-state index in [1.54, 1.807) is 30.4 Å². The molecule has 3 aromatic heterocycles. The Kier molecular flexibility index (Phi) is 5.80. The van der Waals surface area contributed by atoms with Crippen molar-refractivity contribution in [3.8, 4) is 11.3 Å². The van der Waals surface area contributed by atoms with Crippen LogP contribution in [0.3, 0.4) is 0 Å². The van der Waals surface area contributed by atoms with Crippen LogP contribution in [0.25, 0.3) is 11.3 Å². The van der Waals surface area contributed by atoms with E-state index >= 15 is 0 Å². The SMILES string of the molecule is Cn1cc(-c2cccc(N3CCn4c(cc5c4CCCC5)C3=O)c2CO)nc(Nc2ccncn2)c1=O. The first-order valence-electron chi connectivity index (χ1n) is 12.4. The number of hydrogen-bond acceptors (Lipinski definition) is 7. The maximum Gasteiger partial charge on any atom is 0.293 e. The van der Waals surface area contributed by atoms with E-state index in [0.29, 0.717) is 40.6 Å². The number of nitrogens with zero attached hydrogens (tertiary/aromatic N) is 6. The number of benzene rings is 1. The van der Waals surface area contributed by atoms with Gasteiger partial charge in [0.15, 0.2) is 5.82 Å². The predicted molar refractivity (Wildman–Crippen MR) is 139 cm³/mol. The van der Waals surface area contributed by atoms with Crippen molar-refractivity contribution in [1.29, 1.82) is 0 Å². The van der Waals surface area contributed by atoms with Gasteiger partial charge in [0, 0.05) is 49.4 Å². The standard InChI is InChI=1S/C27H27N7O3/c1-32-14-20(30-25(27(32)37)31-24-9-10-28-16-29-24)18-6-4-8-22(19(18)15-35)34-12-11-33-21-7-3-2-5-17(21)13-23(33)26(34)36/h4,6,8-10,13-14,16,35H,2-3,5,7,11-12,15H2,1H3,(H,28,29,30,31). The summed E-state index contributed by atoms with van der Waals surface area (Å²) in [6.45, 7) is 0.952. The Balaban J connectivity index is 1.40. The summed E-state index contributed by atoms with van der Waals surface area (Å²) < 4.78 is 3.61. The van der Waals surface area contributed by atoms with Crippen LogP contribution < -0.4 is 15.8 Å². The Morgan fingerprint density at radius 3 is 2.78 bits per heavy atom. The smallest absolute Gasteiger partial charge is 0.293 e. The van der Waals surface area contributed by atoms with Crippen LogP contribution in [0, 0.1) is 0 Å². The number of aliphatic hydroxyl groups excluding tert-OH is 1. The first-order valence-corrected chi connectivity index (χ1v) is 12.4. The molecule has 1 aliphatic heterocycles. The molecule has 188 valence electrons. The number of aliphatic hydroxyl groups is 1. The second-order valence-corrected chi connectivity index (χ2v) is 9.39. The minimum absolute atomic E-state index is 0.0629. The molecule has 10 nitrogen and oxygen atoms in total. The molecule has 0 spiro atoms. The highest BCUT2D eigenvalue weighted by Gasteiger charge is 2.31. The van der Waals surface area contributed by atoms with Crippen LogP contribution in [-0.2, 0) is 33.0 Å². The fourth-order valence-electron chi connectivity index (χ4n) is 5.40. The van der Waals surface area contributed by atoms with Crippen LogP contribution in [0.15, 0.2) is 53.8 Å². The molecular weight excluding hydrogens is 470 g/mol. The number of hydrogen-bond donors (Lipinski definition) is 2. The topological polar surface area (TPSA) is 118 Å². The number of aryl methyl sites for hydroxylation is 2. The molecule has 1 amide bonds. The maximum atomic E-state index is 13.6. The number of rotatable bonds is 5. The molecule has 0 atom stereocenters. The summed E-state index contributed by atoms with van der Waals surface area (Å²) in [7, 11) is 1.64. The maximum absolute atomic E-state index is 13.6. The lowest BCUT2D eigenvalue weighted by molar-refractivity contribution is 0.0964. The minimum Gasteiger partial charge on any atom is -0.392 e. The van der Waals surface area contributed by atoms with Crippen molar-refractivity contribution in [3.63, 3.8) is 0 Å². The van der Waals surface area contributed by atoms with Crippen LogP contribution in [-0.4, -0.2) is 41.6 Å². The van der Waals surface area contributed by atoms with Crippen molar-refractivity contribution in [2.45, 2.75) is 38.8 Å². The van der Waals surface area contributed by atoms with Gasteiger partial charge in [-0.25, -0.2) is 15.0 Å². The Morgan fingerprint density at radius 2 is 1.97 bits per heavy atom. The van der Waals surface area contributed by atoms with Crippen molar-refractivity contribution >= 4 is 23.2 Å². The molecule has 1 aromatic carbocycles. The van der Waals surface area contributed by atoms with Crippen molar-refractivity contribution in [2.24, 2.45) is 7.05 Å². The predicted octanol–water partition coefficient (Wildman–Crippen LogP) is 2.81. The van der Waals surface area contributed by atoms with Crippen LogP contribution in [0.2, 0.25) is 0 Å². The zero-order valence-electron chi connectivity index (χ0n) is 20.5. The number of nitrogens with one attached hydrogen (secondary N) is 1.